The highest BCUT2D eigenvalue weighted by Gasteiger charge is 2.19. The molecule has 1 aromatic rings. The average molecular weight is 267 g/mol. The van der Waals surface area contributed by atoms with Crippen molar-refractivity contribution in [2.75, 3.05) is 19.7 Å². The normalized spacial score (nSPS) is 14.5. The molecule has 0 bridgehead atoms. The molecule has 0 spiro atoms. The van der Waals surface area contributed by atoms with E-state index in [1.807, 2.05) is 0 Å². The molecule has 1 heterocycles. The predicted octanol–water partition coefficient (Wildman–Crippen LogP) is 1.53. The molecule has 19 heavy (non-hydrogen) atoms. The van der Waals surface area contributed by atoms with Gasteiger partial charge in [0.05, 0.1) is 0 Å². The third kappa shape index (κ3) is 3.21. The molecule has 1 saturated heterocycles. The number of carboxylic acid groups (broad SMARTS) is 1. The van der Waals surface area contributed by atoms with Crippen LogP contribution in [0.25, 0.3) is 0 Å². The molecule has 1 N–H and O–H groups in total. The lowest BCUT2D eigenvalue weighted by molar-refractivity contribution is -0.132. The van der Waals surface area contributed by atoms with Gasteiger partial charge in [-0.05, 0) is 25.0 Å². The van der Waals surface area contributed by atoms with Crippen molar-refractivity contribution in [2.24, 2.45) is 0 Å². The fraction of sp³-hybridized carbons (Fsp3) is 0.385. The summed E-state index contributed by atoms with van der Waals surface area (Å²) in [5, 5.41) is 8.94. The van der Waals surface area contributed by atoms with E-state index >= 15 is 0 Å². The summed E-state index contributed by atoms with van der Waals surface area (Å²) in [7, 11) is 0. The minimum atomic E-state index is -1.22. The number of hydrogen-bond acceptors (Lipinski definition) is 3. The lowest BCUT2D eigenvalue weighted by Gasteiger charge is -2.16. The average Bonchev–Trinajstić information content (AvgIpc) is 2.89. The molecule has 0 aliphatic carbocycles. The molecule has 1 aliphatic rings. The molecular weight excluding hydrogens is 253 g/mol. The maximum atomic E-state index is 13.1. The number of carboxylic acids is 1. The van der Waals surface area contributed by atoms with Crippen LogP contribution < -0.4 is 4.74 Å². The molecule has 0 saturated carbocycles. The fourth-order valence-electron chi connectivity index (χ4n) is 1.99. The Balaban J connectivity index is 2.04. The zero-order valence-corrected chi connectivity index (χ0v) is 10.3. The van der Waals surface area contributed by atoms with Crippen molar-refractivity contribution in [1.29, 1.82) is 0 Å². The van der Waals surface area contributed by atoms with Gasteiger partial charge in [-0.3, -0.25) is 4.79 Å². The van der Waals surface area contributed by atoms with Crippen LogP contribution in [0.5, 0.6) is 5.75 Å². The first-order chi connectivity index (χ1) is 9.08. The summed E-state index contributed by atoms with van der Waals surface area (Å²) >= 11 is 0. The number of ether oxygens (including phenoxy) is 1. The smallest absolute Gasteiger partial charge is 0.339 e. The van der Waals surface area contributed by atoms with Crippen molar-refractivity contribution < 1.29 is 23.8 Å². The second-order valence-electron chi connectivity index (χ2n) is 4.32. The van der Waals surface area contributed by atoms with E-state index in [1.54, 1.807) is 4.90 Å². The molecule has 1 aliphatic heterocycles. The zero-order valence-electron chi connectivity index (χ0n) is 10.3. The van der Waals surface area contributed by atoms with E-state index in [0.29, 0.717) is 13.1 Å². The van der Waals surface area contributed by atoms with Crippen molar-refractivity contribution in [3.63, 3.8) is 0 Å². The SMILES string of the molecule is O=C(O)c1ccc(F)cc1OCC(=O)N1CCCC1. The van der Waals surface area contributed by atoms with Gasteiger partial charge in [0.2, 0.25) is 0 Å². The quantitative estimate of drug-likeness (QED) is 0.898. The number of carbonyl (C=O) groups is 2. The molecule has 6 heteroatoms. The number of amides is 1. The molecule has 1 fully saturated rings. The van der Waals surface area contributed by atoms with Gasteiger partial charge >= 0.3 is 5.97 Å². The molecule has 0 unspecified atom stereocenters. The lowest BCUT2D eigenvalue weighted by atomic mass is 10.2. The van der Waals surface area contributed by atoms with Crippen LogP contribution in [-0.4, -0.2) is 41.6 Å². The summed E-state index contributed by atoms with van der Waals surface area (Å²) < 4.78 is 18.2. The monoisotopic (exact) mass is 267 g/mol. The molecule has 0 aromatic heterocycles. The van der Waals surface area contributed by atoms with Gasteiger partial charge in [-0.1, -0.05) is 0 Å². The highest BCUT2D eigenvalue weighted by molar-refractivity contribution is 5.91. The topological polar surface area (TPSA) is 66.8 Å². The number of likely N-dealkylation sites (tertiary alicyclic amines) is 1. The summed E-state index contributed by atoms with van der Waals surface area (Å²) in [6, 6.07) is 3.13. The zero-order chi connectivity index (χ0) is 13.8. The van der Waals surface area contributed by atoms with E-state index in [0.717, 1.165) is 31.0 Å². The third-order valence-electron chi connectivity index (χ3n) is 2.98. The van der Waals surface area contributed by atoms with Gasteiger partial charge in [-0.15, -0.1) is 0 Å². The summed E-state index contributed by atoms with van der Waals surface area (Å²) in [4.78, 5) is 24.3. The maximum absolute atomic E-state index is 13.1. The summed E-state index contributed by atoms with van der Waals surface area (Å²) in [5.41, 5.74) is -0.157. The van der Waals surface area contributed by atoms with Gasteiger partial charge in [-0.2, -0.15) is 0 Å². The van der Waals surface area contributed by atoms with Gasteiger partial charge in [-0.25, -0.2) is 9.18 Å². The number of rotatable bonds is 4. The van der Waals surface area contributed by atoms with Gasteiger partial charge in [0, 0.05) is 19.2 Å². The number of nitrogens with zero attached hydrogens (tertiary/aromatic N) is 1. The first-order valence-corrected chi connectivity index (χ1v) is 6.01. The molecular formula is C13H14FNO4. The summed E-state index contributed by atoms with van der Waals surface area (Å²) in [5.74, 6) is -2.16. The van der Waals surface area contributed by atoms with Crippen LogP contribution in [0.1, 0.15) is 23.2 Å². The van der Waals surface area contributed by atoms with Crippen molar-refractivity contribution in [1.82, 2.24) is 4.90 Å². The summed E-state index contributed by atoms with van der Waals surface area (Å²) in [6.45, 7) is 1.11. The number of aromatic carboxylic acids is 1. The Morgan fingerprint density at radius 2 is 2.00 bits per heavy atom. The number of benzene rings is 1. The molecule has 1 amide bonds. The minimum Gasteiger partial charge on any atom is -0.483 e. The van der Waals surface area contributed by atoms with Crippen molar-refractivity contribution in [3.8, 4) is 5.75 Å². The Labute approximate surface area is 109 Å². The lowest BCUT2D eigenvalue weighted by Crippen LogP contribution is -2.32. The predicted molar refractivity (Wildman–Crippen MR) is 64.7 cm³/mol. The van der Waals surface area contributed by atoms with Crippen LogP contribution in [-0.2, 0) is 4.79 Å². The molecule has 2 rings (SSSR count). The maximum Gasteiger partial charge on any atom is 0.339 e. The molecule has 0 atom stereocenters. The first kappa shape index (κ1) is 13.3. The van der Waals surface area contributed by atoms with Crippen molar-refractivity contribution in [2.45, 2.75) is 12.8 Å². The Morgan fingerprint density at radius 3 is 2.63 bits per heavy atom. The van der Waals surface area contributed by atoms with Crippen LogP contribution in [0, 0.1) is 5.82 Å². The van der Waals surface area contributed by atoms with Gasteiger partial charge in [0.15, 0.2) is 6.61 Å². The molecule has 0 radical (unpaired) electrons. The third-order valence-corrected chi connectivity index (χ3v) is 2.98. The molecule has 5 nitrogen and oxygen atoms in total. The Morgan fingerprint density at radius 1 is 1.32 bits per heavy atom. The Kier molecular flexibility index (Phi) is 3.99. The fourth-order valence-corrected chi connectivity index (χ4v) is 1.99. The highest BCUT2D eigenvalue weighted by atomic mass is 19.1. The molecule has 1 aromatic carbocycles. The van der Waals surface area contributed by atoms with Crippen LogP contribution in [0.2, 0.25) is 0 Å². The van der Waals surface area contributed by atoms with E-state index < -0.39 is 11.8 Å². The van der Waals surface area contributed by atoms with Crippen LogP contribution >= 0.6 is 0 Å². The van der Waals surface area contributed by atoms with Gasteiger partial charge in [0.1, 0.15) is 17.1 Å². The number of carbonyl (C=O) groups excluding carboxylic acids is 1. The van der Waals surface area contributed by atoms with E-state index in [9.17, 15) is 14.0 Å². The largest absolute Gasteiger partial charge is 0.483 e. The van der Waals surface area contributed by atoms with Crippen LogP contribution in [0.4, 0.5) is 4.39 Å². The van der Waals surface area contributed by atoms with Crippen molar-refractivity contribution in [3.05, 3.63) is 29.6 Å². The van der Waals surface area contributed by atoms with Gasteiger partial charge < -0.3 is 14.7 Å². The highest BCUT2D eigenvalue weighted by Crippen LogP contribution is 2.20. The van der Waals surface area contributed by atoms with E-state index in [-0.39, 0.29) is 23.8 Å². The number of hydrogen-bond donors (Lipinski definition) is 1. The first-order valence-electron chi connectivity index (χ1n) is 6.01. The van der Waals surface area contributed by atoms with Crippen LogP contribution in [0.15, 0.2) is 18.2 Å². The standard InChI is InChI=1S/C13H14FNO4/c14-9-3-4-10(13(17)18)11(7-9)19-8-12(16)15-5-1-2-6-15/h3-4,7H,1-2,5-6,8H2,(H,17,18). The van der Waals surface area contributed by atoms with Crippen LogP contribution in [0.3, 0.4) is 0 Å². The second kappa shape index (κ2) is 5.69. The molecule has 102 valence electrons. The second-order valence-corrected chi connectivity index (χ2v) is 4.32. The summed E-state index contributed by atoms with van der Waals surface area (Å²) in [6.07, 6.45) is 1.93. The van der Waals surface area contributed by atoms with E-state index in [1.165, 1.54) is 0 Å². The van der Waals surface area contributed by atoms with Crippen molar-refractivity contribution >= 4 is 11.9 Å². The van der Waals surface area contributed by atoms with E-state index in [2.05, 4.69) is 0 Å². The van der Waals surface area contributed by atoms with Gasteiger partial charge in [0.25, 0.3) is 5.91 Å². The minimum absolute atomic E-state index is 0.125. The van der Waals surface area contributed by atoms with E-state index in [4.69, 9.17) is 9.84 Å². The Bertz CT molecular complexity index is 497. The Hall–Kier alpha value is -2.11. The number of halogens is 1.